The van der Waals surface area contributed by atoms with Crippen LogP contribution in [0.2, 0.25) is 0 Å². The lowest BCUT2D eigenvalue weighted by molar-refractivity contribution is -0.122. The van der Waals surface area contributed by atoms with Crippen LogP contribution in [0.1, 0.15) is 35.7 Å². The van der Waals surface area contributed by atoms with Gasteiger partial charge in [-0.25, -0.2) is 4.98 Å². The van der Waals surface area contributed by atoms with Crippen LogP contribution in [-0.4, -0.2) is 25.6 Å². The Morgan fingerprint density at radius 1 is 1.20 bits per heavy atom. The zero-order valence-corrected chi connectivity index (χ0v) is 17.4. The Morgan fingerprint density at radius 2 is 2.03 bits per heavy atom. The number of nitrogens with one attached hydrogen (secondary N) is 1. The van der Waals surface area contributed by atoms with Crippen LogP contribution in [0, 0.1) is 5.92 Å². The van der Waals surface area contributed by atoms with Crippen LogP contribution in [0.3, 0.4) is 0 Å². The SMILES string of the molecule is O=C(NC(c1nnc(CSO)o1)c1nc2ccc(-c3ccccc3)cc2s1)C1CC1. The highest BCUT2D eigenvalue weighted by Gasteiger charge is 2.34. The fourth-order valence-corrected chi connectivity index (χ4v) is 4.49. The van der Waals surface area contributed by atoms with Crippen LogP contribution in [0.4, 0.5) is 0 Å². The summed E-state index contributed by atoms with van der Waals surface area (Å²) in [6.45, 7) is 0. The van der Waals surface area contributed by atoms with Gasteiger partial charge in [0.1, 0.15) is 5.01 Å². The molecule has 0 bridgehead atoms. The normalized spacial score (nSPS) is 14.7. The number of thiazole rings is 1. The number of hydrogen-bond donors (Lipinski definition) is 2. The molecule has 1 saturated carbocycles. The third-order valence-corrected chi connectivity index (χ3v) is 6.37. The number of fused-ring (bicyclic) bond motifs is 1. The smallest absolute Gasteiger partial charge is 0.245 e. The molecule has 1 atom stereocenters. The van der Waals surface area contributed by atoms with Gasteiger partial charge in [0.15, 0.2) is 6.04 Å². The number of aromatic nitrogens is 3. The second-order valence-electron chi connectivity index (χ2n) is 7.12. The summed E-state index contributed by atoms with van der Waals surface area (Å²) in [4.78, 5) is 17.2. The predicted octanol–water partition coefficient (Wildman–Crippen LogP) is 4.67. The Kier molecular flexibility index (Phi) is 5.24. The van der Waals surface area contributed by atoms with Gasteiger partial charge in [0.25, 0.3) is 0 Å². The number of amides is 1. The predicted molar refractivity (Wildman–Crippen MR) is 116 cm³/mol. The topological polar surface area (TPSA) is 101 Å². The molecule has 0 aliphatic heterocycles. The number of benzene rings is 2. The monoisotopic (exact) mass is 438 g/mol. The van der Waals surface area contributed by atoms with Crippen molar-refractivity contribution in [3.63, 3.8) is 0 Å². The Labute approximate surface area is 180 Å². The summed E-state index contributed by atoms with van der Waals surface area (Å²) in [5.41, 5.74) is 3.10. The summed E-state index contributed by atoms with van der Waals surface area (Å²) in [5.74, 6) is 0.782. The molecule has 2 N–H and O–H groups in total. The van der Waals surface area contributed by atoms with Gasteiger partial charge in [0, 0.05) is 5.92 Å². The minimum absolute atomic E-state index is 0.0273. The standard InChI is InChI=1S/C21H18N4O3S2/c26-19(13-6-7-13)23-18(20-25-24-17(28-20)11-29-27)21-22-15-9-8-14(10-16(15)30-21)12-4-2-1-3-5-12/h1-5,8-10,13,18,27H,6-7,11H2,(H,23,26). The van der Waals surface area contributed by atoms with Crippen LogP contribution in [0.15, 0.2) is 52.9 Å². The van der Waals surface area contributed by atoms with E-state index in [9.17, 15) is 4.79 Å². The molecule has 2 aromatic carbocycles. The number of nitrogens with zero attached hydrogens (tertiary/aromatic N) is 3. The van der Waals surface area contributed by atoms with E-state index in [1.54, 1.807) is 0 Å². The summed E-state index contributed by atoms with van der Waals surface area (Å²) in [5, 5.41) is 11.8. The first kappa shape index (κ1) is 19.2. The molecular weight excluding hydrogens is 420 g/mol. The number of carbonyl (C=O) groups is 1. The lowest BCUT2D eigenvalue weighted by Crippen LogP contribution is -2.30. The third kappa shape index (κ3) is 3.96. The first-order valence-electron chi connectivity index (χ1n) is 9.56. The highest BCUT2D eigenvalue weighted by atomic mass is 32.2. The van der Waals surface area contributed by atoms with Crippen molar-refractivity contribution in [1.29, 1.82) is 0 Å². The first-order valence-corrected chi connectivity index (χ1v) is 11.3. The Balaban J connectivity index is 1.51. The maximum atomic E-state index is 12.5. The van der Waals surface area contributed by atoms with E-state index in [0.717, 1.165) is 34.2 Å². The van der Waals surface area contributed by atoms with Gasteiger partial charge >= 0.3 is 0 Å². The largest absolute Gasteiger partial charge is 0.422 e. The minimum atomic E-state index is -0.611. The van der Waals surface area contributed by atoms with Gasteiger partial charge in [-0.3, -0.25) is 4.79 Å². The number of rotatable bonds is 7. The van der Waals surface area contributed by atoms with Crippen molar-refractivity contribution in [3.8, 4) is 11.1 Å². The minimum Gasteiger partial charge on any atom is -0.422 e. The van der Waals surface area contributed by atoms with Gasteiger partial charge in [-0.05, 0) is 48.1 Å². The molecule has 1 unspecified atom stereocenters. The van der Waals surface area contributed by atoms with E-state index >= 15 is 0 Å². The molecular formula is C21H18N4O3S2. The molecule has 0 spiro atoms. The summed E-state index contributed by atoms with van der Waals surface area (Å²) in [7, 11) is 0. The van der Waals surface area contributed by atoms with Gasteiger partial charge in [0.2, 0.25) is 17.7 Å². The summed E-state index contributed by atoms with van der Waals surface area (Å²) in [6.07, 6.45) is 1.80. The summed E-state index contributed by atoms with van der Waals surface area (Å²) < 4.78 is 15.7. The second kappa shape index (κ2) is 8.17. The van der Waals surface area contributed by atoms with Crippen molar-refractivity contribution in [2.24, 2.45) is 5.92 Å². The first-order chi connectivity index (χ1) is 14.7. The van der Waals surface area contributed by atoms with E-state index < -0.39 is 6.04 Å². The van der Waals surface area contributed by atoms with Crippen molar-refractivity contribution in [3.05, 3.63) is 65.3 Å². The molecule has 9 heteroatoms. The molecule has 1 aliphatic rings. The van der Waals surface area contributed by atoms with Crippen LogP contribution in [0.25, 0.3) is 21.3 Å². The van der Waals surface area contributed by atoms with Gasteiger partial charge < -0.3 is 14.3 Å². The molecule has 1 aliphatic carbocycles. The molecule has 152 valence electrons. The highest BCUT2D eigenvalue weighted by molar-refractivity contribution is 7.92. The fraction of sp³-hybridized carbons (Fsp3) is 0.238. The van der Waals surface area contributed by atoms with E-state index in [4.69, 9.17) is 14.0 Å². The van der Waals surface area contributed by atoms with E-state index in [-0.39, 0.29) is 23.5 Å². The molecule has 7 nitrogen and oxygen atoms in total. The van der Waals surface area contributed by atoms with E-state index in [1.807, 2.05) is 30.3 Å². The molecule has 1 fully saturated rings. The van der Waals surface area contributed by atoms with Gasteiger partial charge in [-0.15, -0.1) is 21.5 Å². The lowest BCUT2D eigenvalue weighted by Gasteiger charge is -2.12. The van der Waals surface area contributed by atoms with Gasteiger partial charge in [-0.2, -0.15) is 0 Å². The van der Waals surface area contributed by atoms with Crippen LogP contribution >= 0.6 is 23.4 Å². The van der Waals surface area contributed by atoms with Crippen molar-refractivity contribution in [1.82, 2.24) is 20.5 Å². The molecule has 2 heterocycles. The Bertz CT molecular complexity index is 1190. The molecule has 0 radical (unpaired) electrons. The fourth-order valence-electron chi connectivity index (χ4n) is 3.21. The number of hydrogen-bond acceptors (Lipinski definition) is 8. The molecule has 1 amide bonds. The van der Waals surface area contributed by atoms with E-state index in [0.29, 0.717) is 22.9 Å². The van der Waals surface area contributed by atoms with E-state index in [2.05, 4.69) is 33.7 Å². The molecule has 4 aromatic rings. The van der Waals surface area contributed by atoms with Crippen LogP contribution in [-0.2, 0) is 10.5 Å². The average molecular weight is 439 g/mol. The zero-order valence-electron chi connectivity index (χ0n) is 15.8. The van der Waals surface area contributed by atoms with Crippen molar-refractivity contribution >= 4 is 39.5 Å². The van der Waals surface area contributed by atoms with Crippen LogP contribution < -0.4 is 5.32 Å². The molecule has 2 aromatic heterocycles. The van der Waals surface area contributed by atoms with Crippen molar-refractivity contribution in [2.45, 2.75) is 24.6 Å². The molecule has 30 heavy (non-hydrogen) atoms. The molecule has 5 rings (SSSR count). The van der Waals surface area contributed by atoms with Crippen molar-refractivity contribution in [2.75, 3.05) is 0 Å². The molecule has 0 saturated heterocycles. The maximum absolute atomic E-state index is 12.5. The van der Waals surface area contributed by atoms with Gasteiger partial charge in [0.05, 0.1) is 16.0 Å². The van der Waals surface area contributed by atoms with E-state index in [1.165, 1.54) is 11.3 Å². The second-order valence-corrected chi connectivity index (χ2v) is 8.73. The highest BCUT2D eigenvalue weighted by Crippen LogP contribution is 2.35. The average Bonchev–Trinajstić information content (AvgIpc) is 3.38. The summed E-state index contributed by atoms with van der Waals surface area (Å²) in [6, 6.07) is 15.7. The lowest BCUT2D eigenvalue weighted by atomic mass is 10.1. The number of carbonyl (C=O) groups excluding carboxylic acids is 1. The quantitative estimate of drug-likeness (QED) is 0.404. The zero-order chi connectivity index (χ0) is 20.5. The summed E-state index contributed by atoms with van der Waals surface area (Å²) >= 11 is 2.11. The maximum Gasteiger partial charge on any atom is 0.245 e. The Hall–Kier alpha value is -2.75. The van der Waals surface area contributed by atoms with Gasteiger partial charge in [-0.1, -0.05) is 36.4 Å². The third-order valence-electron chi connectivity index (χ3n) is 4.91. The van der Waals surface area contributed by atoms with Crippen LogP contribution in [0.5, 0.6) is 0 Å². The Morgan fingerprint density at radius 3 is 2.80 bits per heavy atom. The van der Waals surface area contributed by atoms with Crippen molar-refractivity contribution < 1.29 is 13.8 Å².